The average molecular weight is 339 g/mol. The number of nitro groups is 1. The van der Waals surface area contributed by atoms with E-state index in [1.165, 1.54) is 12.3 Å². The molecule has 0 spiro atoms. The van der Waals surface area contributed by atoms with E-state index in [-0.39, 0.29) is 11.8 Å². The van der Waals surface area contributed by atoms with Gasteiger partial charge in [-0.1, -0.05) is 0 Å². The molecule has 0 saturated carbocycles. The van der Waals surface area contributed by atoms with Crippen LogP contribution in [-0.4, -0.2) is 44.8 Å². The van der Waals surface area contributed by atoms with Gasteiger partial charge in [0.25, 0.3) is 5.69 Å². The van der Waals surface area contributed by atoms with E-state index in [1.54, 1.807) is 22.7 Å². The Morgan fingerprint density at radius 1 is 1.39 bits per heavy atom. The number of carbonyl (C=O) groups excluding carboxylic acids is 1. The number of nitrogens with zero attached hydrogens (tertiary/aromatic N) is 3. The Morgan fingerprint density at radius 3 is 2.52 bits per heavy atom. The highest BCUT2D eigenvalue weighted by molar-refractivity contribution is 7.99. The molecule has 1 aliphatic rings. The maximum absolute atomic E-state index is 12.0. The van der Waals surface area contributed by atoms with Gasteiger partial charge in [-0.15, -0.1) is 11.8 Å². The van der Waals surface area contributed by atoms with Crippen LogP contribution in [0.2, 0.25) is 0 Å². The number of ether oxygens (including phenoxy) is 1. The van der Waals surface area contributed by atoms with Crippen molar-refractivity contribution < 1.29 is 14.5 Å². The number of likely N-dealkylation sites (tertiary alicyclic amines) is 1. The van der Waals surface area contributed by atoms with Crippen LogP contribution in [0.5, 0.6) is 0 Å². The lowest BCUT2D eigenvalue weighted by atomic mass is 10.1. The maximum Gasteiger partial charge on any atom is 0.410 e. The summed E-state index contributed by atoms with van der Waals surface area (Å²) in [6, 6.07) is 3.13. The summed E-state index contributed by atoms with van der Waals surface area (Å²) >= 11 is 1.60. The lowest BCUT2D eigenvalue weighted by Crippen LogP contribution is -2.42. The average Bonchev–Trinajstić information content (AvgIpc) is 2.46. The second kappa shape index (κ2) is 7.16. The van der Waals surface area contributed by atoms with E-state index in [4.69, 9.17) is 4.74 Å². The third-order valence-electron chi connectivity index (χ3n) is 3.31. The van der Waals surface area contributed by atoms with Crippen molar-refractivity contribution in [3.8, 4) is 0 Å². The fraction of sp³-hybridized carbons (Fsp3) is 0.600. The van der Waals surface area contributed by atoms with Crippen LogP contribution in [0.4, 0.5) is 10.5 Å². The van der Waals surface area contributed by atoms with Gasteiger partial charge in [-0.3, -0.25) is 10.1 Å². The van der Waals surface area contributed by atoms with Gasteiger partial charge in [0.15, 0.2) is 0 Å². The quantitative estimate of drug-likeness (QED) is 0.619. The number of hydrogen-bond donors (Lipinski definition) is 0. The van der Waals surface area contributed by atoms with Crippen LogP contribution < -0.4 is 0 Å². The van der Waals surface area contributed by atoms with Crippen molar-refractivity contribution in [1.29, 1.82) is 0 Å². The molecule has 0 radical (unpaired) electrons. The second-order valence-corrected chi connectivity index (χ2v) is 7.72. The minimum Gasteiger partial charge on any atom is -0.444 e. The van der Waals surface area contributed by atoms with Crippen LogP contribution in [0.25, 0.3) is 0 Å². The first kappa shape index (κ1) is 17.5. The molecule has 7 nitrogen and oxygen atoms in total. The molecule has 1 aromatic rings. The van der Waals surface area contributed by atoms with Gasteiger partial charge >= 0.3 is 6.09 Å². The lowest BCUT2D eigenvalue weighted by Gasteiger charge is -2.33. The van der Waals surface area contributed by atoms with Crippen molar-refractivity contribution in [3.05, 3.63) is 28.4 Å². The van der Waals surface area contributed by atoms with Crippen molar-refractivity contribution in [1.82, 2.24) is 9.88 Å². The molecule has 126 valence electrons. The first-order valence-corrected chi connectivity index (χ1v) is 8.37. The lowest BCUT2D eigenvalue weighted by molar-refractivity contribution is -0.385. The number of amides is 1. The summed E-state index contributed by atoms with van der Waals surface area (Å²) in [5.41, 5.74) is -0.486. The highest BCUT2D eigenvalue weighted by Crippen LogP contribution is 2.30. The van der Waals surface area contributed by atoms with Crippen molar-refractivity contribution in [2.45, 2.75) is 49.5 Å². The minimum absolute atomic E-state index is 0.00547. The van der Waals surface area contributed by atoms with Crippen molar-refractivity contribution in [3.63, 3.8) is 0 Å². The molecule has 1 saturated heterocycles. The number of aromatic nitrogens is 1. The van der Waals surface area contributed by atoms with Gasteiger partial charge in [0.2, 0.25) is 0 Å². The number of hydrogen-bond acceptors (Lipinski definition) is 6. The Labute approximate surface area is 139 Å². The van der Waals surface area contributed by atoms with Gasteiger partial charge < -0.3 is 9.64 Å². The van der Waals surface area contributed by atoms with Crippen LogP contribution in [0.15, 0.2) is 23.4 Å². The summed E-state index contributed by atoms with van der Waals surface area (Å²) in [5, 5.41) is 11.7. The monoisotopic (exact) mass is 339 g/mol. The highest BCUT2D eigenvalue weighted by Gasteiger charge is 2.27. The summed E-state index contributed by atoms with van der Waals surface area (Å²) in [4.78, 5) is 28.0. The van der Waals surface area contributed by atoms with E-state index in [0.717, 1.165) is 17.9 Å². The minimum atomic E-state index is -0.481. The molecule has 8 heteroatoms. The molecular weight excluding hydrogens is 318 g/mol. The normalized spacial score (nSPS) is 16.2. The smallest absolute Gasteiger partial charge is 0.410 e. The van der Waals surface area contributed by atoms with Crippen LogP contribution in [0.1, 0.15) is 33.6 Å². The SMILES string of the molecule is CC(C)(C)OC(=O)N1CCC(Sc2ccc([N+](=O)[O-])cn2)CC1. The number of piperidine rings is 1. The molecule has 2 heterocycles. The molecule has 23 heavy (non-hydrogen) atoms. The standard InChI is InChI=1S/C15H21N3O4S/c1-15(2,3)22-14(19)17-8-6-12(7-9-17)23-13-5-4-11(10-16-13)18(20)21/h4-5,10,12H,6-9H2,1-3H3. The molecular formula is C15H21N3O4S. The van der Waals surface area contributed by atoms with Gasteiger partial charge in [-0.25, -0.2) is 9.78 Å². The molecule has 1 aromatic heterocycles. The fourth-order valence-corrected chi connectivity index (χ4v) is 3.25. The number of carbonyl (C=O) groups is 1. The largest absolute Gasteiger partial charge is 0.444 e. The molecule has 0 aromatic carbocycles. The Hall–Kier alpha value is -1.83. The van der Waals surface area contributed by atoms with E-state index >= 15 is 0 Å². The van der Waals surface area contributed by atoms with Crippen LogP contribution in [0.3, 0.4) is 0 Å². The third kappa shape index (κ3) is 5.38. The zero-order valence-electron chi connectivity index (χ0n) is 13.5. The van der Waals surface area contributed by atoms with Crippen molar-refractivity contribution in [2.24, 2.45) is 0 Å². The van der Waals surface area contributed by atoms with E-state index in [0.29, 0.717) is 18.3 Å². The summed E-state index contributed by atoms with van der Waals surface area (Å²) in [5.74, 6) is 0. The molecule has 0 unspecified atom stereocenters. The van der Waals surface area contributed by atoms with E-state index in [1.807, 2.05) is 20.8 Å². The van der Waals surface area contributed by atoms with Crippen molar-refractivity contribution in [2.75, 3.05) is 13.1 Å². The molecule has 2 rings (SSSR count). The molecule has 1 amide bonds. The van der Waals surface area contributed by atoms with E-state index < -0.39 is 10.5 Å². The Kier molecular flexibility index (Phi) is 5.46. The Morgan fingerprint density at radius 2 is 2.04 bits per heavy atom. The second-order valence-electron chi connectivity index (χ2n) is 6.40. The van der Waals surface area contributed by atoms with Crippen LogP contribution >= 0.6 is 11.8 Å². The van der Waals surface area contributed by atoms with E-state index in [2.05, 4.69) is 4.98 Å². The zero-order valence-corrected chi connectivity index (χ0v) is 14.3. The van der Waals surface area contributed by atoms with Gasteiger partial charge in [0.05, 0.1) is 9.95 Å². The highest BCUT2D eigenvalue weighted by atomic mass is 32.2. The molecule has 0 atom stereocenters. The van der Waals surface area contributed by atoms with Crippen LogP contribution in [-0.2, 0) is 4.74 Å². The molecule has 1 fully saturated rings. The number of pyridine rings is 1. The maximum atomic E-state index is 12.0. The summed E-state index contributed by atoms with van der Waals surface area (Å²) < 4.78 is 5.37. The van der Waals surface area contributed by atoms with Gasteiger partial charge in [0, 0.05) is 24.4 Å². The molecule has 1 aliphatic heterocycles. The summed E-state index contributed by atoms with van der Waals surface area (Å²) in [6.45, 7) is 6.87. The number of thioether (sulfide) groups is 1. The zero-order chi connectivity index (χ0) is 17.0. The van der Waals surface area contributed by atoms with Gasteiger partial charge in [0.1, 0.15) is 11.8 Å². The van der Waals surface area contributed by atoms with Crippen molar-refractivity contribution >= 4 is 23.5 Å². The molecule has 0 aliphatic carbocycles. The van der Waals surface area contributed by atoms with E-state index in [9.17, 15) is 14.9 Å². The number of rotatable bonds is 3. The predicted molar refractivity (Wildman–Crippen MR) is 87.6 cm³/mol. The Bertz CT molecular complexity index is 563. The van der Waals surface area contributed by atoms with Gasteiger partial charge in [-0.05, 0) is 39.7 Å². The van der Waals surface area contributed by atoms with Crippen LogP contribution in [0, 0.1) is 10.1 Å². The first-order chi connectivity index (χ1) is 10.7. The fourth-order valence-electron chi connectivity index (χ4n) is 2.20. The Balaban J connectivity index is 1.82. The predicted octanol–water partition coefficient (Wildman–Crippen LogP) is 3.48. The summed E-state index contributed by atoms with van der Waals surface area (Å²) in [7, 11) is 0. The first-order valence-electron chi connectivity index (χ1n) is 7.49. The topological polar surface area (TPSA) is 85.6 Å². The molecule has 0 N–H and O–H groups in total. The third-order valence-corrected chi connectivity index (χ3v) is 4.60. The van der Waals surface area contributed by atoms with Gasteiger partial charge in [-0.2, -0.15) is 0 Å². The summed E-state index contributed by atoms with van der Waals surface area (Å²) in [6.07, 6.45) is 2.71. The molecule has 0 bridgehead atoms.